The third-order valence-electron chi connectivity index (χ3n) is 4.00. The van der Waals surface area contributed by atoms with E-state index < -0.39 is 0 Å². The Morgan fingerprint density at radius 2 is 2.50 bits per heavy atom. The van der Waals surface area contributed by atoms with Crippen molar-refractivity contribution >= 4 is 29.1 Å². The van der Waals surface area contributed by atoms with Crippen LogP contribution in [0.2, 0.25) is 5.02 Å². The molecule has 0 aromatic carbocycles. The van der Waals surface area contributed by atoms with Gasteiger partial charge >= 0.3 is 0 Å². The summed E-state index contributed by atoms with van der Waals surface area (Å²) in [5.74, 6) is 2.23. The fourth-order valence-electron chi connectivity index (χ4n) is 2.85. The molecule has 0 amide bonds. The molecule has 2 saturated heterocycles. The zero-order chi connectivity index (χ0) is 14.2. The fraction of sp³-hybridized carbons (Fsp3) is 0.692. The largest absolute Gasteiger partial charge is 0.379 e. The van der Waals surface area contributed by atoms with E-state index in [9.17, 15) is 4.79 Å². The first kappa shape index (κ1) is 14.2. The topological polar surface area (TPSA) is 56.1 Å². The molecule has 0 unspecified atom stereocenters. The van der Waals surface area contributed by atoms with Crippen LogP contribution in [0.5, 0.6) is 0 Å². The Morgan fingerprint density at radius 3 is 3.25 bits per heavy atom. The first-order chi connectivity index (χ1) is 9.60. The van der Waals surface area contributed by atoms with Crippen LogP contribution in [0.25, 0.3) is 0 Å². The van der Waals surface area contributed by atoms with Gasteiger partial charge in [-0.15, -0.1) is 0 Å². The summed E-state index contributed by atoms with van der Waals surface area (Å²) in [6.07, 6.45) is 4.62. The van der Waals surface area contributed by atoms with Gasteiger partial charge in [0.2, 0.25) is 0 Å². The number of rotatable bonds is 2. The van der Waals surface area contributed by atoms with Gasteiger partial charge in [0.25, 0.3) is 5.56 Å². The average molecular weight is 316 g/mol. The molecule has 1 aromatic heterocycles. The summed E-state index contributed by atoms with van der Waals surface area (Å²) < 4.78 is 7.23. The number of aryl methyl sites for hydroxylation is 1. The molecule has 0 saturated carbocycles. The Kier molecular flexibility index (Phi) is 3.97. The van der Waals surface area contributed by atoms with Gasteiger partial charge in [0.05, 0.1) is 17.5 Å². The maximum absolute atomic E-state index is 11.8. The summed E-state index contributed by atoms with van der Waals surface area (Å²) in [5.41, 5.74) is 0.373. The molecule has 7 heteroatoms. The highest BCUT2D eigenvalue weighted by molar-refractivity contribution is 7.99. The van der Waals surface area contributed by atoms with Crippen LogP contribution in [0.1, 0.15) is 19.3 Å². The van der Waals surface area contributed by atoms with Crippen molar-refractivity contribution < 1.29 is 4.74 Å². The van der Waals surface area contributed by atoms with E-state index in [1.54, 1.807) is 13.2 Å². The highest BCUT2D eigenvalue weighted by Crippen LogP contribution is 2.39. The van der Waals surface area contributed by atoms with Crippen LogP contribution < -0.4 is 10.9 Å². The first-order valence-electron chi connectivity index (χ1n) is 6.80. The summed E-state index contributed by atoms with van der Waals surface area (Å²) in [6, 6.07) is 0.286. The van der Waals surface area contributed by atoms with E-state index in [4.69, 9.17) is 16.3 Å². The Bertz CT molecular complexity index is 557. The molecule has 2 fully saturated rings. The number of hydrogen-bond donors (Lipinski definition) is 1. The molecule has 3 heterocycles. The van der Waals surface area contributed by atoms with E-state index in [2.05, 4.69) is 10.4 Å². The molecule has 0 bridgehead atoms. The quantitative estimate of drug-likeness (QED) is 0.903. The molecule has 2 aliphatic heterocycles. The Labute approximate surface area is 127 Å². The molecule has 110 valence electrons. The fourth-order valence-corrected chi connectivity index (χ4v) is 4.45. The van der Waals surface area contributed by atoms with Gasteiger partial charge in [0, 0.05) is 25.4 Å². The molecule has 20 heavy (non-hydrogen) atoms. The van der Waals surface area contributed by atoms with E-state index in [0.717, 1.165) is 31.6 Å². The molecule has 3 rings (SSSR count). The van der Waals surface area contributed by atoms with Gasteiger partial charge in [-0.2, -0.15) is 16.9 Å². The van der Waals surface area contributed by atoms with Crippen molar-refractivity contribution in [3.63, 3.8) is 0 Å². The number of halogens is 1. The SMILES string of the molecule is Cn1ncc(N[C@@H]2CCO[C@@]3(CCSC3)C2)c(Cl)c1=O. The van der Waals surface area contributed by atoms with Crippen molar-refractivity contribution in [1.82, 2.24) is 9.78 Å². The van der Waals surface area contributed by atoms with Crippen LogP contribution in [0, 0.1) is 0 Å². The molecular weight excluding hydrogens is 298 g/mol. The summed E-state index contributed by atoms with van der Waals surface area (Å²) >= 11 is 8.05. The lowest BCUT2D eigenvalue weighted by Gasteiger charge is -2.38. The molecule has 0 radical (unpaired) electrons. The molecule has 2 aliphatic rings. The molecule has 0 aliphatic carbocycles. The molecule has 5 nitrogen and oxygen atoms in total. The predicted octanol–water partition coefficient (Wildman–Crippen LogP) is 1.90. The minimum absolute atomic E-state index is 0.0141. The standard InChI is InChI=1S/C13H18ClN3O2S/c1-17-12(18)11(14)10(7-15-17)16-9-2-4-19-13(6-9)3-5-20-8-13/h7,9,16H,2-6,8H2,1H3/t9-,13+/m1/s1. The third kappa shape index (κ3) is 2.69. The third-order valence-corrected chi connectivity index (χ3v) is 5.59. The van der Waals surface area contributed by atoms with Gasteiger partial charge in [0.1, 0.15) is 5.02 Å². The van der Waals surface area contributed by atoms with Gasteiger partial charge in [-0.05, 0) is 25.0 Å². The molecular formula is C13H18ClN3O2S. The maximum Gasteiger partial charge on any atom is 0.287 e. The lowest BCUT2D eigenvalue weighted by molar-refractivity contribution is -0.0628. The van der Waals surface area contributed by atoms with Crippen LogP contribution in [-0.2, 0) is 11.8 Å². The number of nitrogens with zero attached hydrogens (tertiary/aromatic N) is 2. The zero-order valence-electron chi connectivity index (χ0n) is 11.4. The van der Waals surface area contributed by atoms with Gasteiger partial charge < -0.3 is 10.1 Å². The Balaban J connectivity index is 1.74. The second-order valence-electron chi connectivity index (χ2n) is 5.47. The van der Waals surface area contributed by atoms with Crippen molar-refractivity contribution in [2.24, 2.45) is 7.05 Å². The highest BCUT2D eigenvalue weighted by Gasteiger charge is 2.40. The van der Waals surface area contributed by atoms with Crippen LogP contribution in [0.3, 0.4) is 0 Å². The lowest BCUT2D eigenvalue weighted by atomic mass is 9.90. The number of nitrogens with one attached hydrogen (secondary N) is 1. The Hall–Kier alpha value is -0.720. The second kappa shape index (κ2) is 5.58. The molecule has 2 atom stereocenters. The van der Waals surface area contributed by atoms with Gasteiger partial charge in [-0.25, -0.2) is 4.68 Å². The summed E-state index contributed by atoms with van der Waals surface area (Å²) in [6.45, 7) is 0.758. The summed E-state index contributed by atoms with van der Waals surface area (Å²) in [4.78, 5) is 11.8. The smallest absolute Gasteiger partial charge is 0.287 e. The van der Waals surface area contributed by atoms with Gasteiger partial charge in [0.15, 0.2) is 0 Å². The van der Waals surface area contributed by atoms with Gasteiger partial charge in [-0.3, -0.25) is 4.79 Å². The number of ether oxygens (including phenoxy) is 1. The first-order valence-corrected chi connectivity index (χ1v) is 8.33. The number of hydrogen-bond acceptors (Lipinski definition) is 5. The molecule has 1 N–H and O–H groups in total. The highest BCUT2D eigenvalue weighted by atomic mass is 35.5. The maximum atomic E-state index is 11.8. The summed E-state index contributed by atoms with van der Waals surface area (Å²) in [7, 11) is 1.59. The van der Waals surface area contributed by atoms with Crippen LogP contribution in [0.15, 0.2) is 11.0 Å². The van der Waals surface area contributed by atoms with Crippen molar-refractivity contribution in [3.05, 3.63) is 21.6 Å². The molecule has 1 spiro atoms. The van der Waals surface area contributed by atoms with Crippen molar-refractivity contribution in [3.8, 4) is 0 Å². The van der Waals surface area contributed by atoms with Crippen LogP contribution in [0.4, 0.5) is 5.69 Å². The predicted molar refractivity (Wildman–Crippen MR) is 81.8 cm³/mol. The van der Waals surface area contributed by atoms with Crippen molar-refractivity contribution in [2.45, 2.75) is 30.9 Å². The number of aromatic nitrogens is 2. The lowest BCUT2D eigenvalue weighted by Crippen LogP contribution is -2.44. The number of anilines is 1. The van der Waals surface area contributed by atoms with Crippen LogP contribution in [-0.4, -0.2) is 39.5 Å². The van der Waals surface area contributed by atoms with E-state index in [1.807, 2.05) is 11.8 Å². The van der Waals surface area contributed by atoms with E-state index in [-0.39, 0.29) is 22.2 Å². The van der Waals surface area contributed by atoms with Crippen LogP contribution >= 0.6 is 23.4 Å². The zero-order valence-corrected chi connectivity index (χ0v) is 13.0. The van der Waals surface area contributed by atoms with Crippen molar-refractivity contribution in [1.29, 1.82) is 0 Å². The monoisotopic (exact) mass is 315 g/mol. The average Bonchev–Trinajstić information content (AvgIpc) is 2.88. The van der Waals surface area contributed by atoms with E-state index in [1.165, 1.54) is 10.4 Å². The Morgan fingerprint density at radius 1 is 1.65 bits per heavy atom. The van der Waals surface area contributed by atoms with E-state index in [0.29, 0.717) is 5.69 Å². The van der Waals surface area contributed by atoms with Crippen molar-refractivity contribution in [2.75, 3.05) is 23.4 Å². The minimum Gasteiger partial charge on any atom is -0.379 e. The minimum atomic E-state index is -0.269. The second-order valence-corrected chi connectivity index (χ2v) is 6.95. The molecule has 1 aromatic rings. The summed E-state index contributed by atoms with van der Waals surface area (Å²) in [5, 5.41) is 7.60. The normalized spacial score (nSPS) is 29.8. The number of thioether (sulfide) groups is 1. The van der Waals surface area contributed by atoms with Gasteiger partial charge in [-0.1, -0.05) is 11.6 Å². The van der Waals surface area contributed by atoms with E-state index >= 15 is 0 Å².